The molecule has 0 saturated heterocycles. The first-order valence-electron chi connectivity index (χ1n) is 4.08. The van der Waals surface area contributed by atoms with E-state index < -0.39 is 0 Å². The molecule has 0 heterocycles. The van der Waals surface area contributed by atoms with E-state index in [0.29, 0.717) is 27.6 Å². The Morgan fingerprint density at radius 2 is 1.85 bits per heavy atom. The van der Waals surface area contributed by atoms with Crippen molar-refractivity contribution in [1.29, 1.82) is 0 Å². The van der Waals surface area contributed by atoms with Crippen LogP contribution in [-0.4, -0.2) is 6.10 Å². The van der Waals surface area contributed by atoms with E-state index in [2.05, 4.69) is 0 Å². The van der Waals surface area contributed by atoms with E-state index in [1.165, 1.54) is 0 Å². The molecule has 2 N–H and O–H groups in total. The van der Waals surface area contributed by atoms with Gasteiger partial charge in [-0.25, -0.2) is 0 Å². The molecule has 1 saturated carbocycles. The van der Waals surface area contributed by atoms with Gasteiger partial charge >= 0.3 is 0 Å². The summed E-state index contributed by atoms with van der Waals surface area (Å²) in [6.07, 6.45) is 2.51. The van der Waals surface area contributed by atoms with Crippen LogP contribution in [0.1, 0.15) is 12.8 Å². The van der Waals surface area contributed by atoms with Gasteiger partial charge in [0.05, 0.1) is 21.8 Å². The minimum atomic E-state index is 0.319. The number of benzene rings is 1. The van der Waals surface area contributed by atoms with Gasteiger partial charge in [-0.2, -0.15) is 0 Å². The molecule has 0 aromatic heterocycles. The smallest absolute Gasteiger partial charge is 0.144 e. The molecule has 2 rings (SSSR count). The lowest BCUT2D eigenvalue weighted by molar-refractivity contribution is 0.305. The molecular weight excluding hydrogens is 209 g/mol. The van der Waals surface area contributed by atoms with Crippen LogP contribution in [0.2, 0.25) is 10.0 Å². The molecule has 13 heavy (non-hydrogen) atoms. The second kappa shape index (κ2) is 3.28. The molecule has 0 bridgehead atoms. The SMILES string of the molecule is Nc1cc(Cl)c(Cl)cc1OC1CC1. The number of nitrogen functional groups attached to an aromatic ring is 1. The van der Waals surface area contributed by atoms with Crippen molar-refractivity contribution in [1.82, 2.24) is 0 Å². The Balaban J connectivity index is 2.27. The topological polar surface area (TPSA) is 35.2 Å². The number of anilines is 1. The Morgan fingerprint density at radius 1 is 1.23 bits per heavy atom. The monoisotopic (exact) mass is 217 g/mol. The second-order valence-electron chi connectivity index (χ2n) is 3.12. The molecule has 1 aromatic rings. The van der Waals surface area contributed by atoms with Crippen LogP contribution in [0.4, 0.5) is 5.69 Å². The maximum atomic E-state index is 5.82. The van der Waals surface area contributed by atoms with Gasteiger partial charge in [0.1, 0.15) is 5.75 Å². The molecule has 1 aromatic carbocycles. The van der Waals surface area contributed by atoms with Gasteiger partial charge < -0.3 is 10.5 Å². The van der Waals surface area contributed by atoms with Crippen LogP contribution in [-0.2, 0) is 0 Å². The molecule has 1 aliphatic rings. The van der Waals surface area contributed by atoms with Crippen molar-refractivity contribution in [2.45, 2.75) is 18.9 Å². The highest BCUT2D eigenvalue weighted by molar-refractivity contribution is 6.42. The van der Waals surface area contributed by atoms with Crippen molar-refractivity contribution in [2.24, 2.45) is 0 Å². The zero-order valence-corrected chi connectivity index (χ0v) is 8.40. The van der Waals surface area contributed by atoms with Crippen LogP contribution in [0.15, 0.2) is 12.1 Å². The predicted octanol–water partition coefficient (Wildman–Crippen LogP) is 3.12. The minimum absolute atomic E-state index is 0.319. The molecule has 1 fully saturated rings. The van der Waals surface area contributed by atoms with E-state index >= 15 is 0 Å². The maximum absolute atomic E-state index is 5.82. The van der Waals surface area contributed by atoms with Gasteiger partial charge in [0.25, 0.3) is 0 Å². The molecular formula is C9H9Cl2NO. The Kier molecular flexibility index (Phi) is 2.26. The van der Waals surface area contributed by atoms with Crippen LogP contribution < -0.4 is 10.5 Å². The fourth-order valence-electron chi connectivity index (χ4n) is 1.01. The molecule has 0 amide bonds. The number of rotatable bonds is 2. The van der Waals surface area contributed by atoms with Crippen LogP contribution in [0.25, 0.3) is 0 Å². The zero-order valence-electron chi connectivity index (χ0n) is 6.89. The average Bonchev–Trinajstić information content (AvgIpc) is 2.84. The molecule has 0 radical (unpaired) electrons. The van der Waals surface area contributed by atoms with E-state index in [1.807, 2.05) is 0 Å². The predicted molar refractivity (Wildman–Crippen MR) is 54.5 cm³/mol. The summed E-state index contributed by atoms with van der Waals surface area (Å²) < 4.78 is 5.52. The first-order valence-corrected chi connectivity index (χ1v) is 4.83. The minimum Gasteiger partial charge on any atom is -0.488 e. The van der Waals surface area contributed by atoms with Crippen molar-refractivity contribution in [3.05, 3.63) is 22.2 Å². The van der Waals surface area contributed by atoms with Crippen LogP contribution in [0.5, 0.6) is 5.75 Å². The van der Waals surface area contributed by atoms with Gasteiger partial charge in [0.15, 0.2) is 0 Å². The summed E-state index contributed by atoms with van der Waals surface area (Å²) in [5.74, 6) is 0.636. The molecule has 1 aliphatic carbocycles. The zero-order chi connectivity index (χ0) is 9.42. The lowest BCUT2D eigenvalue weighted by Crippen LogP contribution is -1.99. The van der Waals surface area contributed by atoms with Gasteiger partial charge in [0, 0.05) is 6.07 Å². The first-order chi connectivity index (χ1) is 6.16. The van der Waals surface area contributed by atoms with E-state index in [-0.39, 0.29) is 0 Å². The lowest BCUT2D eigenvalue weighted by atomic mass is 10.3. The molecule has 0 atom stereocenters. The van der Waals surface area contributed by atoms with E-state index in [1.54, 1.807) is 12.1 Å². The summed E-state index contributed by atoms with van der Waals surface area (Å²) in [7, 11) is 0. The highest BCUT2D eigenvalue weighted by atomic mass is 35.5. The Morgan fingerprint density at radius 3 is 2.46 bits per heavy atom. The van der Waals surface area contributed by atoms with Crippen molar-refractivity contribution in [3.63, 3.8) is 0 Å². The van der Waals surface area contributed by atoms with E-state index in [9.17, 15) is 0 Å². The normalized spacial score (nSPS) is 15.8. The molecule has 0 unspecified atom stereocenters. The Hall–Kier alpha value is -0.600. The fraction of sp³-hybridized carbons (Fsp3) is 0.333. The number of halogens is 2. The number of ether oxygens (including phenoxy) is 1. The van der Waals surface area contributed by atoms with Gasteiger partial charge in [-0.3, -0.25) is 0 Å². The third-order valence-corrected chi connectivity index (χ3v) is 2.59. The van der Waals surface area contributed by atoms with Gasteiger partial charge in [0.2, 0.25) is 0 Å². The molecule has 0 spiro atoms. The van der Waals surface area contributed by atoms with E-state index in [4.69, 9.17) is 33.7 Å². The molecule has 70 valence electrons. The van der Waals surface area contributed by atoms with Crippen molar-refractivity contribution >= 4 is 28.9 Å². The second-order valence-corrected chi connectivity index (χ2v) is 3.94. The first kappa shape index (κ1) is 8.97. The Bertz CT molecular complexity index is 337. The van der Waals surface area contributed by atoms with Crippen molar-refractivity contribution in [3.8, 4) is 5.75 Å². The Labute approximate surface area is 86.6 Å². The number of nitrogens with two attached hydrogens (primary N) is 1. The van der Waals surface area contributed by atoms with Gasteiger partial charge in [-0.05, 0) is 18.9 Å². The van der Waals surface area contributed by atoms with Crippen molar-refractivity contribution in [2.75, 3.05) is 5.73 Å². The molecule has 0 aliphatic heterocycles. The molecule has 4 heteroatoms. The maximum Gasteiger partial charge on any atom is 0.144 e. The third-order valence-electron chi connectivity index (χ3n) is 1.87. The molecule has 2 nitrogen and oxygen atoms in total. The summed E-state index contributed by atoms with van der Waals surface area (Å²) >= 11 is 11.6. The highest BCUT2D eigenvalue weighted by Gasteiger charge is 2.24. The average molecular weight is 218 g/mol. The third kappa shape index (κ3) is 2.01. The number of hydrogen-bond acceptors (Lipinski definition) is 2. The summed E-state index contributed by atoms with van der Waals surface area (Å²) in [4.78, 5) is 0. The van der Waals surface area contributed by atoms with Gasteiger partial charge in [-0.1, -0.05) is 23.2 Å². The summed E-state index contributed by atoms with van der Waals surface area (Å²) in [5, 5.41) is 0.939. The van der Waals surface area contributed by atoms with Crippen LogP contribution >= 0.6 is 23.2 Å². The number of hydrogen-bond donors (Lipinski definition) is 1. The van der Waals surface area contributed by atoms with E-state index in [0.717, 1.165) is 12.8 Å². The standard InChI is InChI=1S/C9H9Cl2NO/c10-6-3-8(12)9(4-7(6)11)13-5-1-2-5/h3-5H,1-2,12H2. The lowest BCUT2D eigenvalue weighted by Gasteiger charge is -2.08. The summed E-state index contributed by atoms with van der Waals surface area (Å²) in [5.41, 5.74) is 6.24. The van der Waals surface area contributed by atoms with Crippen LogP contribution in [0.3, 0.4) is 0 Å². The van der Waals surface area contributed by atoms with Gasteiger partial charge in [-0.15, -0.1) is 0 Å². The van der Waals surface area contributed by atoms with Crippen molar-refractivity contribution < 1.29 is 4.74 Å². The quantitative estimate of drug-likeness (QED) is 0.774. The fourth-order valence-corrected chi connectivity index (χ4v) is 1.34. The summed E-state index contributed by atoms with van der Waals surface area (Å²) in [6.45, 7) is 0. The summed E-state index contributed by atoms with van der Waals surface area (Å²) in [6, 6.07) is 3.28. The van der Waals surface area contributed by atoms with Crippen LogP contribution in [0, 0.1) is 0 Å². The largest absolute Gasteiger partial charge is 0.488 e. The highest BCUT2D eigenvalue weighted by Crippen LogP contribution is 2.35.